The summed E-state index contributed by atoms with van der Waals surface area (Å²) < 4.78 is 0. The van der Waals surface area contributed by atoms with Crippen LogP contribution in [-0.2, 0) is 0 Å². The van der Waals surface area contributed by atoms with Gasteiger partial charge in [-0.15, -0.1) is 0 Å². The fraction of sp³-hybridized carbons (Fsp3) is 0.571. The van der Waals surface area contributed by atoms with Crippen LogP contribution in [0.1, 0.15) is 36.0 Å². The second kappa shape index (κ2) is 5.31. The van der Waals surface area contributed by atoms with Gasteiger partial charge in [-0.1, -0.05) is 0 Å². The molecule has 1 aromatic rings. The van der Waals surface area contributed by atoms with E-state index in [4.69, 9.17) is 5.11 Å². The Morgan fingerprint density at radius 1 is 1.43 bits per heavy atom. The molecule has 1 aromatic heterocycles. The molecular weight excluding hydrogens is 274 g/mol. The Morgan fingerprint density at radius 2 is 2.05 bits per heavy atom. The largest absolute Gasteiger partial charge is 0.478 e. The van der Waals surface area contributed by atoms with Gasteiger partial charge in [0.2, 0.25) is 5.82 Å². The van der Waals surface area contributed by atoms with Gasteiger partial charge in [0, 0.05) is 18.8 Å². The monoisotopic (exact) mass is 291 g/mol. The van der Waals surface area contributed by atoms with Crippen LogP contribution in [0.15, 0.2) is 12.3 Å². The van der Waals surface area contributed by atoms with Crippen LogP contribution in [0.25, 0.3) is 0 Å². The van der Waals surface area contributed by atoms with Crippen molar-refractivity contribution >= 4 is 17.5 Å². The Labute approximate surface area is 121 Å². The number of nitrogens with zero attached hydrogens (tertiary/aromatic N) is 2. The number of aromatic nitrogens is 1. The van der Waals surface area contributed by atoms with E-state index in [1.165, 1.54) is 25.7 Å². The van der Waals surface area contributed by atoms with Gasteiger partial charge >= 0.3 is 11.7 Å². The van der Waals surface area contributed by atoms with Crippen LogP contribution in [-0.4, -0.2) is 27.5 Å². The highest BCUT2D eigenvalue weighted by Gasteiger charge is 2.41. The van der Waals surface area contributed by atoms with E-state index in [9.17, 15) is 14.9 Å². The summed E-state index contributed by atoms with van der Waals surface area (Å²) in [4.78, 5) is 25.3. The number of nitrogens with one attached hydrogen (secondary N) is 1. The van der Waals surface area contributed by atoms with Crippen LogP contribution in [0.2, 0.25) is 0 Å². The molecule has 0 unspecified atom stereocenters. The van der Waals surface area contributed by atoms with Crippen molar-refractivity contribution in [2.45, 2.75) is 25.7 Å². The van der Waals surface area contributed by atoms with Gasteiger partial charge in [0.1, 0.15) is 0 Å². The van der Waals surface area contributed by atoms with E-state index in [-0.39, 0.29) is 17.1 Å². The third kappa shape index (κ3) is 3.12. The minimum Gasteiger partial charge on any atom is -0.478 e. The van der Waals surface area contributed by atoms with Crippen LogP contribution in [0, 0.1) is 27.9 Å². The molecular formula is C14H17N3O4. The lowest BCUT2D eigenvalue weighted by molar-refractivity contribution is -0.384. The highest BCUT2D eigenvalue weighted by atomic mass is 16.6. The normalized spacial score (nSPS) is 17.8. The molecule has 1 heterocycles. The van der Waals surface area contributed by atoms with Gasteiger partial charge in [-0.2, -0.15) is 0 Å². The first-order valence-corrected chi connectivity index (χ1v) is 7.18. The van der Waals surface area contributed by atoms with E-state index < -0.39 is 10.9 Å². The summed E-state index contributed by atoms with van der Waals surface area (Å²) in [5.41, 5.74) is -0.451. The number of rotatable bonds is 7. The highest BCUT2D eigenvalue weighted by Crippen LogP contribution is 2.49. The summed E-state index contributed by atoms with van der Waals surface area (Å²) >= 11 is 0. The van der Waals surface area contributed by atoms with Crippen molar-refractivity contribution in [3.8, 4) is 0 Å². The standard InChI is InChI=1S/C14H17N3O4/c18-14(19)10-5-12(17(20)21)13(15-6-10)16-7-11(8-1-2-8)9-3-4-9/h5-6,8-9,11H,1-4,7H2,(H,15,16)(H,18,19). The zero-order chi connectivity index (χ0) is 15.0. The van der Waals surface area contributed by atoms with Gasteiger partial charge in [-0.25, -0.2) is 9.78 Å². The molecule has 0 saturated heterocycles. The van der Waals surface area contributed by atoms with E-state index in [0.29, 0.717) is 12.5 Å². The number of hydrogen-bond acceptors (Lipinski definition) is 5. The first kappa shape index (κ1) is 13.8. The zero-order valence-electron chi connectivity index (χ0n) is 11.5. The second-order valence-corrected chi connectivity index (χ2v) is 5.87. The van der Waals surface area contributed by atoms with Gasteiger partial charge in [0.05, 0.1) is 10.5 Å². The smallest absolute Gasteiger partial charge is 0.337 e. The molecule has 0 amide bonds. The highest BCUT2D eigenvalue weighted by molar-refractivity contribution is 5.88. The Kier molecular flexibility index (Phi) is 3.48. The molecule has 0 radical (unpaired) electrons. The number of pyridine rings is 1. The summed E-state index contributed by atoms with van der Waals surface area (Å²) in [5, 5.41) is 23.0. The first-order chi connectivity index (χ1) is 10.1. The van der Waals surface area contributed by atoms with Crippen LogP contribution in [0.5, 0.6) is 0 Å². The Morgan fingerprint density at radius 3 is 2.52 bits per heavy atom. The number of carbonyl (C=O) groups is 1. The van der Waals surface area contributed by atoms with Crippen molar-refractivity contribution in [1.29, 1.82) is 0 Å². The quantitative estimate of drug-likeness (QED) is 0.590. The summed E-state index contributed by atoms with van der Waals surface area (Å²) in [6.45, 7) is 0.676. The molecule has 2 aliphatic rings. The number of hydrogen-bond donors (Lipinski definition) is 2. The minimum atomic E-state index is -1.22. The number of aromatic carboxylic acids is 1. The second-order valence-electron chi connectivity index (χ2n) is 5.87. The predicted octanol–water partition coefficient (Wildman–Crippen LogP) is 2.54. The Balaban J connectivity index is 1.74. The van der Waals surface area contributed by atoms with Crippen LogP contribution >= 0.6 is 0 Å². The molecule has 0 atom stereocenters. The van der Waals surface area contributed by atoms with E-state index in [1.807, 2.05) is 0 Å². The fourth-order valence-corrected chi connectivity index (χ4v) is 2.83. The van der Waals surface area contributed by atoms with Crippen molar-refractivity contribution in [3.05, 3.63) is 27.9 Å². The summed E-state index contributed by atoms with van der Waals surface area (Å²) in [7, 11) is 0. The van der Waals surface area contributed by atoms with E-state index in [2.05, 4.69) is 10.3 Å². The minimum absolute atomic E-state index is 0.163. The maximum Gasteiger partial charge on any atom is 0.337 e. The molecule has 2 aliphatic carbocycles. The Hall–Kier alpha value is -2.18. The van der Waals surface area contributed by atoms with Crippen LogP contribution < -0.4 is 5.32 Å². The molecule has 0 spiro atoms. The molecule has 2 N–H and O–H groups in total. The molecule has 3 rings (SSSR count). The molecule has 0 aliphatic heterocycles. The molecule has 7 heteroatoms. The van der Waals surface area contributed by atoms with Gasteiger partial charge < -0.3 is 10.4 Å². The van der Waals surface area contributed by atoms with E-state index >= 15 is 0 Å². The number of anilines is 1. The summed E-state index contributed by atoms with van der Waals surface area (Å²) in [6.07, 6.45) is 6.14. The lowest BCUT2D eigenvalue weighted by atomic mass is 9.98. The lowest BCUT2D eigenvalue weighted by Gasteiger charge is -2.16. The fourth-order valence-electron chi connectivity index (χ4n) is 2.83. The van der Waals surface area contributed by atoms with Gasteiger partial charge in [0.15, 0.2) is 0 Å². The average molecular weight is 291 g/mol. The maximum absolute atomic E-state index is 11.1. The van der Waals surface area contributed by atoms with E-state index in [0.717, 1.165) is 24.1 Å². The van der Waals surface area contributed by atoms with Crippen molar-refractivity contribution in [1.82, 2.24) is 4.98 Å². The predicted molar refractivity (Wildman–Crippen MR) is 75.3 cm³/mol. The van der Waals surface area contributed by atoms with Gasteiger partial charge in [0.25, 0.3) is 0 Å². The molecule has 7 nitrogen and oxygen atoms in total. The molecule has 21 heavy (non-hydrogen) atoms. The topological polar surface area (TPSA) is 105 Å². The number of nitro groups is 1. The third-order valence-corrected chi connectivity index (χ3v) is 4.27. The van der Waals surface area contributed by atoms with Crippen molar-refractivity contribution in [2.75, 3.05) is 11.9 Å². The summed E-state index contributed by atoms with van der Waals surface area (Å²) in [5.74, 6) is 0.984. The molecule has 112 valence electrons. The molecule has 0 aromatic carbocycles. The summed E-state index contributed by atoms with van der Waals surface area (Å²) in [6, 6.07) is 1.06. The van der Waals surface area contributed by atoms with Gasteiger partial charge in [-0.3, -0.25) is 10.1 Å². The SMILES string of the molecule is O=C(O)c1cnc(NCC(C2CC2)C2CC2)c([N+](=O)[O-])c1. The lowest BCUT2D eigenvalue weighted by Crippen LogP contribution is -2.19. The average Bonchev–Trinajstić information content (AvgIpc) is 3.32. The van der Waals surface area contributed by atoms with E-state index in [1.54, 1.807) is 0 Å². The number of carboxylic acid groups (broad SMARTS) is 1. The van der Waals surface area contributed by atoms with Crippen molar-refractivity contribution in [3.63, 3.8) is 0 Å². The van der Waals surface area contributed by atoms with Crippen LogP contribution in [0.3, 0.4) is 0 Å². The molecule has 2 saturated carbocycles. The van der Waals surface area contributed by atoms with Crippen LogP contribution in [0.4, 0.5) is 11.5 Å². The molecule has 0 bridgehead atoms. The Bertz CT molecular complexity index is 570. The maximum atomic E-state index is 11.1. The van der Waals surface area contributed by atoms with Crippen molar-refractivity contribution < 1.29 is 14.8 Å². The molecule has 2 fully saturated rings. The third-order valence-electron chi connectivity index (χ3n) is 4.27. The van der Waals surface area contributed by atoms with Gasteiger partial charge in [-0.05, 0) is 43.4 Å². The zero-order valence-corrected chi connectivity index (χ0v) is 11.5. The van der Waals surface area contributed by atoms with Crippen molar-refractivity contribution in [2.24, 2.45) is 17.8 Å². The first-order valence-electron chi connectivity index (χ1n) is 7.18. The number of carboxylic acids is 1.